The third kappa shape index (κ3) is 3.15. The maximum Gasteiger partial charge on any atom is 0.148 e. The number of benzene rings is 1. The highest BCUT2D eigenvalue weighted by Crippen LogP contribution is 2.17. The molecule has 0 saturated carbocycles. The van der Waals surface area contributed by atoms with Crippen molar-refractivity contribution in [2.24, 2.45) is 0 Å². The van der Waals surface area contributed by atoms with Crippen molar-refractivity contribution in [3.8, 4) is 0 Å². The highest BCUT2D eigenvalue weighted by molar-refractivity contribution is 6.32. The summed E-state index contributed by atoms with van der Waals surface area (Å²) < 4.78 is 0. The number of aliphatic hydroxyl groups is 1. The van der Waals surface area contributed by atoms with Crippen molar-refractivity contribution < 1.29 is 5.11 Å². The van der Waals surface area contributed by atoms with Gasteiger partial charge in [-0.05, 0) is 11.1 Å². The molecule has 88 valence electrons. The molecule has 0 spiro atoms. The fourth-order valence-corrected chi connectivity index (χ4v) is 1.64. The smallest absolute Gasteiger partial charge is 0.148 e. The van der Waals surface area contributed by atoms with Gasteiger partial charge in [-0.2, -0.15) is 0 Å². The number of hydrogen-bond acceptors (Lipinski definition) is 4. The van der Waals surface area contributed by atoms with E-state index in [4.69, 9.17) is 16.7 Å². The van der Waals surface area contributed by atoms with Crippen LogP contribution in [-0.2, 0) is 13.2 Å². The summed E-state index contributed by atoms with van der Waals surface area (Å²) >= 11 is 5.92. The van der Waals surface area contributed by atoms with Crippen LogP contribution in [0.3, 0.4) is 0 Å². The van der Waals surface area contributed by atoms with Crippen LogP contribution in [0, 0.1) is 0 Å². The Bertz CT molecular complexity index is 505. The first-order chi connectivity index (χ1) is 8.29. The molecule has 2 rings (SSSR count). The second-order valence-electron chi connectivity index (χ2n) is 3.55. The van der Waals surface area contributed by atoms with Gasteiger partial charge in [-0.1, -0.05) is 35.9 Å². The molecule has 1 heterocycles. The van der Waals surface area contributed by atoms with Gasteiger partial charge in [0.25, 0.3) is 0 Å². The molecule has 0 fully saturated rings. The Hall–Kier alpha value is -1.65. The van der Waals surface area contributed by atoms with E-state index >= 15 is 0 Å². The molecule has 0 radical (unpaired) electrons. The molecule has 2 aromatic rings. The molecule has 0 bridgehead atoms. The molecule has 0 unspecified atom stereocenters. The van der Waals surface area contributed by atoms with E-state index in [2.05, 4.69) is 15.3 Å². The highest BCUT2D eigenvalue weighted by Gasteiger charge is 2.01. The van der Waals surface area contributed by atoms with Gasteiger partial charge in [0.05, 0.1) is 12.8 Å². The number of halogens is 1. The van der Waals surface area contributed by atoms with Crippen molar-refractivity contribution in [3.05, 3.63) is 52.9 Å². The molecular weight excluding hydrogens is 238 g/mol. The topological polar surface area (TPSA) is 58.0 Å². The molecule has 0 aliphatic heterocycles. The Morgan fingerprint density at radius 3 is 2.88 bits per heavy atom. The third-order valence-corrected chi connectivity index (χ3v) is 2.58. The first-order valence-electron chi connectivity index (χ1n) is 5.17. The van der Waals surface area contributed by atoms with Crippen molar-refractivity contribution in [3.63, 3.8) is 0 Å². The number of nitrogens with one attached hydrogen (secondary N) is 1. The quantitative estimate of drug-likeness (QED) is 0.873. The lowest BCUT2D eigenvalue weighted by molar-refractivity contribution is 0.281. The molecule has 0 amide bonds. The van der Waals surface area contributed by atoms with E-state index in [1.807, 2.05) is 24.3 Å². The number of aromatic nitrogens is 2. The van der Waals surface area contributed by atoms with E-state index in [0.717, 1.165) is 11.1 Å². The molecule has 0 aliphatic rings. The van der Waals surface area contributed by atoms with Crippen LogP contribution < -0.4 is 5.32 Å². The molecule has 0 atom stereocenters. The van der Waals surface area contributed by atoms with Crippen LogP contribution in [0.1, 0.15) is 11.1 Å². The molecule has 0 saturated heterocycles. The molecule has 4 nitrogen and oxygen atoms in total. The van der Waals surface area contributed by atoms with E-state index in [1.165, 1.54) is 6.33 Å². The minimum atomic E-state index is 0.0438. The molecule has 1 aromatic carbocycles. The molecule has 2 N–H and O–H groups in total. The van der Waals surface area contributed by atoms with Gasteiger partial charge in [-0.25, -0.2) is 9.97 Å². The Kier molecular flexibility index (Phi) is 3.90. The lowest BCUT2D eigenvalue weighted by Crippen LogP contribution is -2.02. The maximum absolute atomic E-state index is 9.03. The van der Waals surface area contributed by atoms with Crippen LogP contribution in [0.4, 0.5) is 5.82 Å². The number of anilines is 1. The molecular formula is C12H12ClN3O. The van der Waals surface area contributed by atoms with Crippen molar-refractivity contribution in [2.45, 2.75) is 13.2 Å². The molecule has 1 aromatic heterocycles. The standard InChI is InChI=1S/C12H12ClN3O/c13-11-6-14-8-16-12(11)15-5-9-2-1-3-10(4-9)7-17/h1-4,6,8,17H,5,7H2,(H,14,15,16). The molecule has 17 heavy (non-hydrogen) atoms. The normalized spacial score (nSPS) is 10.2. The van der Waals surface area contributed by atoms with Gasteiger partial charge < -0.3 is 10.4 Å². The lowest BCUT2D eigenvalue weighted by atomic mass is 10.1. The van der Waals surface area contributed by atoms with E-state index < -0.39 is 0 Å². The average molecular weight is 250 g/mol. The second kappa shape index (κ2) is 5.61. The molecule has 0 aliphatic carbocycles. The highest BCUT2D eigenvalue weighted by atomic mass is 35.5. The Balaban J connectivity index is 2.05. The van der Waals surface area contributed by atoms with Gasteiger partial charge >= 0.3 is 0 Å². The van der Waals surface area contributed by atoms with E-state index in [9.17, 15) is 0 Å². The fourth-order valence-electron chi connectivity index (χ4n) is 1.47. The van der Waals surface area contributed by atoms with Gasteiger partial charge in [-0.3, -0.25) is 0 Å². The van der Waals surface area contributed by atoms with Gasteiger partial charge in [0.1, 0.15) is 17.2 Å². The van der Waals surface area contributed by atoms with Gasteiger partial charge in [0, 0.05) is 6.54 Å². The maximum atomic E-state index is 9.03. The van der Waals surface area contributed by atoms with Crippen LogP contribution in [0.15, 0.2) is 36.8 Å². The predicted molar refractivity (Wildman–Crippen MR) is 66.7 cm³/mol. The SMILES string of the molecule is OCc1cccc(CNc2ncncc2Cl)c1. The van der Waals surface area contributed by atoms with Crippen molar-refractivity contribution in [2.75, 3.05) is 5.32 Å². The summed E-state index contributed by atoms with van der Waals surface area (Å²) in [5.74, 6) is 0.607. The predicted octanol–water partition coefficient (Wildman–Crippen LogP) is 2.23. The van der Waals surface area contributed by atoms with Crippen LogP contribution in [0.2, 0.25) is 5.02 Å². The van der Waals surface area contributed by atoms with Gasteiger partial charge in [-0.15, -0.1) is 0 Å². The number of nitrogens with zero attached hydrogens (tertiary/aromatic N) is 2. The second-order valence-corrected chi connectivity index (χ2v) is 3.96. The number of hydrogen-bond donors (Lipinski definition) is 2. The van der Waals surface area contributed by atoms with Crippen molar-refractivity contribution in [1.82, 2.24) is 9.97 Å². The van der Waals surface area contributed by atoms with Crippen LogP contribution >= 0.6 is 11.6 Å². The minimum absolute atomic E-state index is 0.0438. The first-order valence-corrected chi connectivity index (χ1v) is 5.55. The van der Waals surface area contributed by atoms with Crippen molar-refractivity contribution >= 4 is 17.4 Å². The van der Waals surface area contributed by atoms with E-state index in [-0.39, 0.29) is 6.61 Å². The van der Waals surface area contributed by atoms with E-state index in [1.54, 1.807) is 6.20 Å². The zero-order chi connectivity index (χ0) is 12.1. The largest absolute Gasteiger partial charge is 0.392 e. The van der Waals surface area contributed by atoms with Crippen LogP contribution in [-0.4, -0.2) is 15.1 Å². The minimum Gasteiger partial charge on any atom is -0.392 e. The van der Waals surface area contributed by atoms with Crippen LogP contribution in [0.25, 0.3) is 0 Å². The number of rotatable bonds is 4. The lowest BCUT2D eigenvalue weighted by Gasteiger charge is -2.07. The summed E-state index contributed by atoms with van der Waals surface area (Å²) in [6.45, 7) is 0.646. The zero-order valence-electron chi connectivity index (χ0n) is 9.10. The number of aliphatic hydroxyl groups excluding tert-OH is 1. The van der Waals surface area contributed by atoms with Crippen molar-refractivity contribution in [1.29, 1.82) is 0 Å². The summed E-state index contributed by atoms with van der Waals surface area (Å²) in [5, 5.41) is 12.6. The Morgan fingerprint density at radius 1 is 1.29 bits per heavy atom. The fraction of sp³-hybridized carbons (Fsp3) is 0.167. The monoisotopic (exact) mass is 249 g/mol. The molecule has 5 heteroatoms. The average Bonchev–Trinajstić information content (AvgIpc) is 2.38. The van der Waals surface area contributed by atoms with Crippen LogP contribution in [0.5, 0.6) is 0 Å². The summed E-state index contributed by atoms with van der Waals surface area (Å²) in [6, 6.07) is 7.69. The first kappa shape index (κ1) is 11.8. The summed E-state index contributed by atoms with van der Waals surface area (Å²) in [4.78, 5) is 7.84. The third-order valence-electron chi connectivity index (χ3n) is 2.30. The summed E-state index contributed by atoms with van der Waals surface area (Å²) in [5.41, 5.74) is 1.95. The van der Waals surface area contributed by atoms with Gasteiger partial charge in [0.2, 0.25) is 0 Å². The Labute approximate surface area is 104 Å². The van der Waals surface area contributed by atoms with E-state index in [0.29, 0.717) is 17.4 Å². The summed E-state index contributed by atoms with van der Waals surface area (Å²) in [6.07, 6.45) is 2.99. The summed E-state index contributed by atoms with van der Waals surface area (Å²) in [7, 11) is 0. The zero-order valence-corrected chi connectivity index (χ0v) is 9.85. The Morgan fingerprint density at radius 2 is 2.12 bits per heavy atom. The van der Waals surface area contributed by atoms with Gasteiger partial charge in [0.15, 0.2) is 0 Å².